The molecule has 3 unspecified atom stereocenters. The highest BCUT2D eigenvalue weighted by Gasteiger charge is 2.56. The predicted octanol–water partition coefficient (Wildman–Crippen LogP) is 13.4. The number of fused-ring (bicyclic) bond motifs is 4. The van der Waals surface area contributed by atoms with Crippen molar-refractivity contribution in [1.82, 2.24) is 20.3 Å². The lowest BCUT2D eigenvalue weighted by atomic mass is 9.73. The molecule has 6 aromatic rings. The van der Waals surface area contributed by atoms with E-state index < -0.39 is 5.60 Å². The molecule has 378 valence electrons. The maximum absolute atomic E-state index is 12.1. The number of aromatic nitrogens is 4. The second kappa shape index (κ2) is 22.6. The van der Waals surface area contributed by atoms with Gasteiger partial charge in [-0.1, -0.05) is 68.8 Å². The van der Waals surface area contributed by atoms with E-state index in [1.165, 1.54) is 22.7 Å². The first-order chi connectivity index (χ1) is 34.4. The summed E-state index contributed by atoms with van der Waals surface area (Å²) in [5, 5.41) is 45.0. The number of halogens is 5. The summed E-state index contributed by atoms with van der Waals surface area (Å²) in [7, 11) is 0. The van der Waals surface area contributed by atoms with Gasteiger partial charge in [0.15, 0.2) is 3.92 Å². The van der Waals surface area contributed by atoms with Crippen LogP contribution in [0.3, 0.4) is 0 Å². The number of carbonyl (C=O) groups excluding carboxylic acids is 1. The summed E-state index contributed by atoms with van der Waals surface area (Å²) < 4.78 is 25.1. The summed E-state index contributed by atoms with van der Waals surface area (Å²) in [4.78, 5) is 20.9. The van der Waals surface area contributed by atoms with Crippen LogP contribution in [0, 0.1) is 23.7 Å². The molecule has 7 atom stereocenters. The maximum atomic E-state index is 12.1. The van der Waals surface area contributed by atoms with E-state index in [1.54, 1.807) is 0 Å². The summed E-state index contributed by atoms with van der Waals surface area (Å²) >= 11 is 32.1. The van der Waals surface area contributed by atoms with Crippen LogP contribution in [-0.2, 0) is 45.9 Å². The largest absolute Gasteiger partial charge is 0.396 e. The maximum Gasteiger partial charge on any atom is 0.159 e. The van der Waals surface area contributed by atoms with Crippen LogP contribution < -0.4 is 0 Å². The summed E-state index contributed by atoms with van der Waals surface area (Å²) in [5.41, 5.74) is 5.53. The number of ether oxygens (including phenoxy) is 2. The normalized spacial score (nSPS) is 25.5. The van der Waals surface area contributed by atoms with Gasteiger partial charge in [-0.05, 0) is 129 Å². The van der Waals surface area contributed by atoms with Crippen molar-refractivity contribution in [3.8, 4) is 22.5 Å². The van der Waals surface area contributed by atoms with Crippen molar-refractivity contribution >= 4 is 90.8 Å². The minimum absolute atomic E-state index is 0.0427. The van der Waals surface area contributed by atoms with Crippen LogP contribution in [0.5, 0.6) is 0 Å². The number of nitrogens with zero attached hydrogens (tertiary/aromatic N) is 4. The number of carbonyl (C=O) groups is 1. The number of benzene rings is 2. The molecule has 4 bridgehead atoms. The van der Waals surface area contributed by atoms with E-state index >= 15 is 0 Å². The Kier molecular flexibility index (Phi) is 16.5. The van der Waals surface area contributed by atoms with Gasteiger partial charge in [-0.2, -0.15) is 0 Å². The molecule has 4 heterocycles. The van der Waals surface area contributed by atoms with Crippen molar-refractivity contribution in [2.45, 2.75) is 133 Å². The fourth-order valence-electron chi connectivity index (χ4n) is 11.1. The van der Waals surface area contributed by atoms with E-state index in [1.807, 2.05) is 47.2 Å². The zero-order valence-corrected chi connectivity index (χ0v) is 45.1. The highest BCUT2D eigenvalue weighted by atomic mass is 79.9. The van der Waals surface area contributed by atoms with Crippen molar-refractivity contribution in [3.05, 3.63) is 110 Å². The van der Waals surface area contributed by atoms with Gasteiger partial charge in [0.2, 0.25) is 0 Å². The molecule has 71 heavy (non-hydrogen) atoms. The minimum atomic E-state index is -0.898. The molecule has 3 N–H and O–H groups in total. The first-order valence-electron chi connectivity index (χ1n) is 24.5. The lowest BCUT2D eigenvalue weighted by Gasteiger charge is -2.41. The molecule has 0 radical (unpaired) electrons. The molecule has 19 heteroatoms. The molecule has 0 amide bonds. The summed E-state index contributed by atoms with van der Waals surface area (Å²) in [6, 6.07) is 10.9. The van der Waals surface area contributed by atoms with E-state index in [9.17, 15) is 15.0 Å². The third-order valence-electron chi connectivity index (χ3n) is 15.0. The van der Waals surface area contributed by atoms with Gasteiger partial charge in [0.1, 0.15) is 39.3 Å². The Morgan fingerprint density at radius 1 is 0.634 bits per heavy atom. The average molecular weight is 1150 g/mol. The van der Waals surface area contributed by atoms with Crippen molar-refractivity contribution in [2.24, 2.45) is 23.7 Å². The van der Waals surface area contributed by atoms with E-state index in [2.05, 4.69) is 36.2 Å². The van der Waals surface area contributed by atoms with Gasteiger partial charge in [-0.3, -0.25) is 4.79 Å². The molecule has 2 aromatic carbocycles. The molecule has 6 fully saturated rings. The van der Waals surface area contributed by atoms with E-state index in [4.69, 9.17) is 70.0 Å². The lowest BCUT2D eigenvalue weighted by Crippen LogP contribution is -2.44. The molecule has 6 aliphatic carbocycles. The highest BCUT2D eigenvalue weighted by molar-refractivity contribution is 9.11. The molecule has 6 aliphatic rings. The molecular weight excluding hydrogens is 1090 g/mol. The minimum Gasteiger partial charge on any atom is -0.396 e. The first-order valence-corrected chi connectivity index (χ1v) is 28.6. The summed E-state index contributed by atoms with van der Waals surface area (Å²) in [5.74, 6) is 3.62. The second-order valence-electron chi connectivity index (χ2n) is 19.7. The predicted molar refractivity (Wildman–Crippen MR) is 278 cm³/mol. The van der Waals surface area contributed by atoms with Crippen molar-refractivity contribution in [1.29, 1.82) is 0 Å². The standard InChI is InChI=1S/C26H28Cl2N2O4S.C21H21Cl2NO3.C5H6BrNOS/c27-20-2-1-3-21(28)22(20)23-19(24(34-30-23)14-4-5-14)12-33-18-10-15-6-7-16(11-18)26(15,32)25-29-17(8-9-31)13-35-25;22-16-2-1-3-17(23)18(16)19-15(21(27-24-19)11-4-5-11)10-26-14-8-12-6-7-13(9-14)20(12)25;6-5-7-4(1-2-8)3-9-5/h1-3,13-16,18,31-32H,4-12H2;1-3,11-14H,4-10H2;3,8H,1-2H2/t15-,16+,18?,26?;12-,13+,14?;. The zero-order valence-electron chi connectivity index (χ0n) is 38.8. The smallest absolute Gasteiger partial charge is 0.159 e. The Morgan fingerprint density at radius 2 is 1.07 bits per heavy atom. The number of aliphatic hydroxyl groups excluding tert-OH is 2. The molecule has 12 nitrogen and oxygen atoms in total. The number of aliphatic hydroxyl groups is 3. The van der Waals surface area contributed by atoms with Crippen LogP contribution in [0.2, 0.25) is 20.1 Å². The summed E-state index contributed by atoms with van der Waals surface area (Å²) in [6.07, 6.45) is 13.0. The molecular formula is C52H55BrCl4N4O8S2. The SMILES string of the molecule is O=C1[C@@H]2CC[C@H]1CC(OCc1c(-c3c(Cl)cccc3Cl)noc1C1CC1)C2.OCCc1csc(Br)n1.OCCc1csc(C2(O)[C@@H]3CC[C@H]2CC(OCc2c(-c4c(Cl)cccc4Cl)noc2C2CC2)C3)n1. The highest BCUT2D eigenvalue weighted by Crippen LogP contribution is 2.57. The molecule has 6 saturated carbocycles. The quantitative estimate of drug-likeness (QED) is 0.0889. The topological polar surface area (TPSA) is 174 Å². The van der Waals surface area contributed by atoms with E-state index in [-0.39, 0.29) is 49.1 Å². The van der Waals surface area contributed by atoms with Crippen LogP contribution in [0.1, 0.15) is 128 Å². The first kappa shape index (κ1) is 51.7. The number of ketones is 1. The number of rotatable bonds is 15. The lowest BCUT2D eigenvalue weighted by molar-refractivity contribution is -0.130. The van der Waals surface area contributed by atoms with Crippen molar-refractivity contribution in [2.75, 3.05) is 13.2 Å². The Balaban J connectivity index is 0.000000143. The van der Waals surface area contributed by atoms with Gasteiger partial charge in [-0.25, -0.2) is 9.97 Å². The van der Waals surface area contributed by atoms with Crippen LogP contribution in [0.15, 0.2) is 60.1 Å². The second-order valence-corrected chi connectivity index (χ2v) is 24.3. The fourth-order valence-corrected chi connectivity index (χ4v) is 14.4. The van der Waals surface area contributed by atoms with Gasteiger partial charge in [-0.15, -0.1) is 22.7 Å². The van der Waals surface area contributed by atoms with Gasteiger partial charge < -0.3 is 33.8 Å². The number of Topliss-reactive ketones (excluding diaryl/α,β-unsaturated/α-hetero) is 1. The van der Waals surface area contributed by atoms with Crippen LogP contribution >= 0.6 is 85.0 Å². The third kappa shape index (κ3) is 11.3. The Morgan fingerprint density at radius 3 is 1.51 bits per heavy atom. The van der Waals surface area contributed by atoms with E-state index in [0.717, 1.165) is 120 Å². The van der Waals surface area contributed by atoms with Crippen LogP contribution in [0.4, 0.5) is 0 Å². The molecule has 4 aromatic heterocycles. The van der Waals surface area contributed by atoms with Crippen molar-refractivity contribution < 1.29 is 38.6 Å². The number of hydrogen-bond acceptors (Lipinski definition) is 14. The fraction of sp³-hybridized carbons (Fsp3) is 0.519. The molecule has 12 rings (SSSR count). The molecule has 0 aliphatic heterocycles. The monoisotopic (exact) mass is 1150 g/mol. The van der Waals surface area contributed by atoms with Crippen LogP contribution in [-0.4, -0.2) is 66.8 Å². The van der Waals surface area contributed by atoms with Gasteiger partial charge >= 0.3 is 0 Å². The average Bonchev–Trinajstić information content (AvgIpc) is 4.15. The van der Waals surface area contributed by atoms with Crippen LogP contribution in [0.25, 0.3) is 22.5 Å². The van der Waals surface area contributed by atoms with Gasteiger partial charge in [0, 0.05) is 82.7 Å². The molecule has 0 saturated heterocycles. The third-order valence-corrected chi connectivity index (χ3v) is 18.7. The van der Waals surface area contributed by atoms with Crippen molar-refractivity contribution in [3.63, 3.8) is 0 Å². The zero-order chi connectivity index (χ0) is 49.4. The van der Waals surface area contributed by atoms with Gasteiger partial charge in [0.05, 0.1) is 56.9 Å². The Bertz CT molecular complexity index is 2760. The van der Waals surface area contributed by atoms with Gasteiger partial charge in [0.25, 0.3) is 0 Å². The van der Waals surface area contributed by atoms with E-state index in [0.29, 0.717) is 86.3 Å². The Hall–Kier alpha value is -2.77. The summed E-state index contributed by atoms with van der Waals surface area (Å²) in [6.45, 7) is 1.05. The molecule has 0 spiro atoms. The Labute approximate surface area is 448 Å². The number of hydrogen-bond donors (Lipinski definition) is 3. The number of thiazole rings is 2.